The smallest absolute Gasteiger partial charge is 0.163 e. The lowest BCUT2D eigenvalue weighted by atomic mass is 9.88. The number of nitrogens with zero attached hydrogens (tertiary/aromatic N) is 1. The maximum absolute atomic E-state index is 12.7. The van der Waals surface area contributed by atoms with Gasteiger partial charge in [-0.1, -0.05) is 66.7 Å². The van der Waals surface area contributed by atoms with Crippen LogP contribution in [0, 0.1) is 6.92 Å². The van der Waals surface area contributed by atoms with Crippen molar-refractivity contribution in [3.63, 3.8) is 0 Å². The summed E-state index contributed by atoms with van der Waals surface area (Å²) in [5, 5.41) is 0. The number of carbonyl (C=O) groups excluding carboxylic acids is 1. The zero-order valence-electron chi connectivity index (χ0n) is 13.9. The maximum Gasteiger partial charge on any atom is 0.163 e. The van der Waals surface area contributed by atoms with Crippen LogP contribution in [0.15, 0.2) is 78.9 Å². The number of aromatic nitrogens is 1. The molecule has 0 spiro atoms. The van der Waals surface area contributed by atoms with Crippen molar-refractivity contribution >= 4 is 5.78 Å². The van der Waals surface area contributed by atoms with Crippen LogP contribution in [0.2, 0.25) is 0 Å². The third kappa shape index (κ3) is 4.17. The highest BCUT2D eigenvalue weighted by atomic mass is 16.1. The SMILES string of the molecule is Cc1cccc(CC(CC(=O)c2ccccc2)c2ccccc2)n1. The highest BCUT2D eigenvalue weighted by Crippen LogP contribution is 2.25. The summed E-state index contributed by atoms with van der Waals surface area (Å²) in [6, 6.07) is 25.8. The van der Waals surface area contributed by atoms with Crippen molar-refractivity contribution in [1.29, 1.82) is 0 Å². The molecule has 0 radical (unpaired) electrons. The largest absolute Gasteiger partial charge is 0.294 e. The van der Waals surface area contributed by atoms with Crippen LogP contribution in [-0.2, 0) is 6.42 Å². The lowest BCUT2D eigenvalue weighted by Crippen LogP contribution is -2.11. The van der Waals surface area contributed by atoms with Crippen LogP contribution in [-0.4, -0.2) is 10.8 Å². The molecule has 0 saturated carbocycles. The second-order valence-electron chi connectivity index (χ2n) is 6.08. The average Bonchev–Trinajstić information content (AvgIpc) is 2.63. The van der Waals surface area contributed by atoms with E-state index in [2.05, 4.69) is 17.1 Å². The predicted octanol–water partition coefficient (Wildman–Crippen LogP) is 4.99. The summed E-state index contributed by atoms with van der Waals surface area (Å²) in [7, 11) is 0. The van der Waals surface area contributed by atoms with Gasteiger partial charge in [0.2, 0.25) is 0 Å². The van der Waals surface area contributed by atoms with Gasteiger partial charge in [0.15, 0.2) is 5.78 Å². The number of hydrogen-bond acceptors (Lipinski definition) is 2. The van der Waals surface area contributed by atoms with Gasteiger partial charge in [-0.25, -0.2) is 0 Å². The molecule has 1 atom stereocenters. The van der Waals surface area contributed by atoms with Crippen LogP contribution < -0.4 is 0 Å². The Balaban J connectivity index is 1.84. The number of hydrogen-bond donors (Lipinski definition) is 0. The quantitative estimate of drug-likeness (QED) is 0.600. The van der Waals surface area contributed by atoms with Crippen molar-refractivity contribution in [3.05, 3.63) is 101 Å². The van der Waals surface area contributed by atoms with Gasteiger partial charge in [0.25, 0.3) is 0 Å². The summed E-state index contributed by atoms with van der Waals surface area (Å²) in [5.74, 6) is 0.310. The number of pyridine rings is 1. The van der Waals surface area contributed by atoms with Crippen molar-refractivity contribution in [3.8, 4) is 0 Å². The van der Waals surface area contributed by atoms with E-state index in [0.29, 0.717) is 6.42 Å². The van der Waals surface area contributed by atoms with E-state index in [4.69, 9.17) is 0 Å². The van der Waals surface area contributed by atoms with E-state index in [0.717, 1.165) is 23.4 Å². The molecule has 120 valence electrons. The van der Waals surface area contributed by atoms with Gasteiger partial charge < -0.3 is 0 Å². The Morgan fingerprint density at radius 2 is 1.54 bits per heavy atom. The third-order valence-electron chi connectivity index (χ3n) is 4.20. The number of rotatable bonds is 6. The fourth-order valence-electron chi connectivity index (χ4n) is 2.96. The standard InChI is InChI=1S/C22H21NO/c1-17-9-8-14-21(23-17)15-20(18-10-4-2-5-11-18)16-22(24)19-12-6-3-7-13-19/h2-14,20H,15-16H2,1H3. The molecule has 0 aliphatic carbocycles. The number of carbonyl (C=O) groups is 1. The summed E-state index contributed by atoms with van der Waals surface area (Å²) in [4.78, 5) is 17.3. The first-order valence-corrected chi connectivity index (χ1v) is 8.28. The van der Waals surface area contributed by atoms with Crippen molar-refractivity contribution in [2.75, 3.05) is 0 Å². The molecule has 2 heteroatoms. The van der Waals surface area contributed by atoms with Crippen LogP contribution in [0.5, 0.6) is 0 Å². The fourth-order valence-corrected chi connectivity index (χ4v) is 2.96. The van der Waals surface area contributed by atoms with Crippen molar-refractivity contribution in [2.45, 2.75) is 25.7 Å². The minimum absolute atomic E-state index is 0.133. The molecular formula is C22H21NO. The van der Waals surface area contributed by atoms with Crippen LogP contribution >= 0.6 is 0 Å². The Bertz CT molecular complexity index is 796. The van der Waals surface area contributed by atoms with E-state index in [-0.39, 0.29) is 11.7 Å². The predicted molar refractivity (Wildman–Crippen MR) is 97.3 cm³/mol. The molecular weight excluding hydrogens is 294 g/mol. The molecule has 1 aromatic heterocycles. The minimum Gasteiger partial charge on any atom is -0.294 e. The van der Waals surface area contributed by atoms with Crippen LogP contribution in [0.3, 0.4) is 0 Å². The number of aryl methyl sites for hydroxylation is 1. The molecule has 0 N–H and O–H groups in total. The van der Waals surface area contributed by atoms with Gasteiger partial charge >= 0.3 is 0 Å². The Labute approximate surface area is 143 Å². The van der Waals surface area contributed by atoms with Crippen molar-refractivity contribution < 1.29 is 4.79 Å². The number of ketones is 1. The summed E-state index contributed by atoms with van der Waals surface area (Å²) in [6.07, 6.45) is 1.26. The van der Waals surface area contributed by atoms with Crippen LogP contribution in [0.1, 0.15) is 39.6 Å². The number of Topliss-reactive ketones (excluding diaryl/α,β-unsaturated/α-hetero) is 1. The molecule has 0 aliphatic heterocycles. The van der Waals surface area contributed by atoms with E-state index in [1.165, 1.54) is 5.56 Å². The number of benzene rings is 2. The molecule has 0 amide bonds. The van der Waals surface area contributed by atoms with Crippen LogP contribution in [0.25, 0.3) is 0 Å². The van der Waals surface area contributed by atoms with E-state index in [1.807, 2.05) is 73.7 Å². The molecule has 0 bridgehead atoms. The molecule has 0 aliphatic rings. The zero-order chi connectivity index (χ0) is 16.8. The topological polar surface area (TPSA) is 30.0 Å². The summed E-state index contributed by atoms with van der Waals surface area (Å²) < 4.78 is 0. The maximum atomic E-state index is 12.7. The second kappa shape index (κ2) is 7.69. The average molecular weight is 315 g/mol. The van der Waals surface area contributed by atoms with Crippen molar-refractivity contribution in [2.24, 2.45) is 0 Å². The summed E-state index contributed by atoms with van der Waals surface area (Å²) in [5.41, 5.74) is 4.00. The molecule has 1 unspecified atom stereocenters. The van der Waals surface area contributed by atoms with Gasteiger partial charge in [-0.2, -0.15) is 0 Å². The molecule has 2 aromatic carbocycles. The van der Waals surface area contributed by atoms with Crippen LogP contribution in [0.4, 0.5) is 0 Å². The monoisotopic (exact) mass is 315 g/mol. The minimum atomic E-state index is 0.133. The lowest BCUT2D eigenvalue weighted by Gasteiger charge is -2.17. The zero-order valence-corrected chi connectivity index (χ0v) is 13.9. The molecule has 3 aromatic rings. The Hall–Kier alpha value is -2.74. The van der Waals surface area contributed by atoms with Gasteiger partial charge in [0, 0.05) is 23.4 Å². The second-order valence-corrected chi connectivity index (χ2v) is 6.08. The Morgan fingerprint density at radius 1 is 0.875 bits per heavy atom. The van der Waals surface area contributed by atoms with Gasteiger partial charge in [0.1, 0.15) is 0 Å². The van der Waals surface area contributed by atoms with Gasteiger partial charge in [0.05, 0.1) is 0 Å². The fraction of sp³-hybridized carbons (Fsp3) is 0.182. The highest BCUT2D eigenvalue weighted by Gasteiger charge is 2.18. The van der Waals surface area contributed by atoms with Gasteiger partial charge in [-0.3, -0.25) is 9.78 Å². The van der Waals surface area contributed by atoms with E-state index in [9.17, 15) is 4.79 Å². The Morgan fingerprint density at radius 3 is 2.21 bits per heavy atom. The van der Waals surface area contributed by atoms with E-state index >= 15 is 0 Å². The molecule has 24 heavy (non-hydrogen) atoms. The molecule has 3 rings (SSSR count). The first kappa shape index (κ1) is 16.1. The van der Waals surface area contributed by atoms with Gasteiger partial charge in [-0.15, -0.1) is 0 Å². The first-order valence-electron chi connectivity index (χ1n) is 8.28. The van der Waals surface area contributed by atoms with Crippen molar-refractivity contribution in [1.82, 2.24) is 4.98 Å². The molecule has 1 heterocycles. The summed E-state index contributed by atoms with van der Waals surface area (Å²) in [6.45, 7) is 2.00. The third-order valence-corrected chi connectivity index (χ3v) is 4.20. The molecule has 0 saturated heterocycles. The van der Waals surface area contributed by atoms with E-state index < -0.39 is 0 Å². The lowest BCUT2D eigenvalue weighted by molar-refractivity contribution is 0.0973. The Kier molecular flexibility index (Phi) is 5.17. The van der Waals surface area contributed by atoms with E-state index in [1.54, 1.807) is 0 Å². The van der Waals surface area contributed by atoms with Gasteiger partial charge in [-0.05, 0) is 37.0 Å². The normalized spacial score (nSPS) is 11.9. The summed E-state index contributed by atoms with van der Waals surface area (Å²) >= 11 is 0. The molecule has 2 nitrogen and oxygen atoms in total. The highest BCUT2D eigenvalue weighted by molar-refractivity contribution is 5.96. The molecule has 0 fully saturated rings. The first-order chi connectivity index (χ1) is 11.7.